The first-order valence-electron chi connectivity index (χ1n) is 6.53. The fourth-order valence-electron chi connectivity index (χ4n) is 1.69. The zero-order valence-electron chi connectivity index (χ0n) is 13.3. The Kier molecular flexibility index (Phi) is 5.83. The summed E-state index contributed by atoms with van der Waals surface area (Å²) in [6.07, 6.45) is 0. The summed E-state index contributed by atoms with van der Waals surface area (Å²) in [5, 5.41) is 0. The van der Waals surface area contributed by atoms with Crippen LogP contribution in [0.2, 0.25) is 0 Å². The number of hydrogen-bond acceptors (Lipinski definition) is 8. The fourth-order valence-corrected chi connectivity index (χ4v) is 1.69. The van der Waals surface area contributed by atoms with Gasteiger partial charge in [-0.2, -0.15) is 0 Å². The molecule has 8 nitrogen and oxygen atoms in total. The van der Waals surface area contributed by atoms with Gasteiger partial charge in [0.2, 0.25) is 5.75 Å². The Hall–Kier alpha value is -2.90. The van der Waals surface area contributed by atoms with Crippen LogP contribution >= 0.6 is 0 Å². The minimum Gasteiger partial charge on any atom is -0.426 e. The van der Waals surface area contributed by atoms with Gasteiger partial charge in [-0.05, 0) is 6.92 Å². The first-order valence-corrected chi connectivity index (χ1v) is 6.53. The predicted molar refractivity (Wildman–Crippen MR) is 76.4 cm³/mol. The van der Waals surface area contributed by atoms with Gasteiger partial charge in [0.1, 0.15) is 5.75 Å². The Morgan fingerprint density at radius 1 is 0.652 bits per heavy atom. The lowest BCUT2D eigenvalue weighted by molar-refractivity contribution is -0.135. The molecule has 0 saturated heterocycles. The van der Waals surface area contributed by atoms with Gasteiger partial charge in [0.05, 0.1) is 0 Å². The Morgan fingerprint density at radius 3 is 1.48 bits per heavy atom. The highest BCUT2D eigenvalue weighted by Crippen LogP contribution is 2.45. The van der Waals surface area contributed by atoms with Crippen molar-refractivity contribution in [3.63, 3.8) is 0 Å². The van der Waals surface area contributed by atoms with Gasteiger partial charge >= 0.3 is 23.9 Å². The molecule has 0 spiro atoms. The molecule has 0 aliphatic rings. The van der Waals surface area contributed by atoms with Gasteiger partial charge in [-0.25, -0.2) is 0 Å². The van der Waals surface area contributed by atoms with Gasteiger partial charge in [-0.1, -0.05) is 0 Å². The van der Waals surface area contributed by atoms with E-state index in [2.05, 4.69) is 0 Å². The molecule has 1 aromatic rings. The molecule has 0 N–H and O–H groups in total. The van der Waals surface area contributed by atoms with Gasteiger partial charge in [0, 0.05) is 39.3 Å². The number of carbonyl (C=O) groups is 4. The second-order valence-corrected chi connectivity index (χ2v) is 4.53. The van der Waals surface area contributed by atoms with Gasteiger partial charge in [0.15, 0.2) is 11.5 Å². The standard InChI is InChI=1S/C15H16O8/c1-7-12(20-8(2)16)6-13(21-9(3)17)15(23-11(5)19)14(7)22-10(4)18/h6H,1-5H3. The molecule has 0 atom stereocenters. The Labute approximate surface area is 132 Å². The van der Waals surface area contributed by atoms with Gasteiger partial charge in [-0.15, -0.1) is 0 Å². The lowest BCUT2D eigenvalue weighted by Crippen LogP contribution is -2.13. The van der Waals surface area contributed by atoms with Gasteiger partial charge in [0.25, 0.3) is 0 Å². The quantitative estimate of drug-likeness (QED) is 0.608. The van der Waals surface area contributed by atoms with Crippen molar-refractivity contribution < 1.29 is 38.1 Å². The van der Waals surface area contributed by atoms with E-state index in [0.29, 0.717) is 0 Å². The summed E-state index contributed by atoms with van der Waals surface area (Å²) in [6, 6.07) is 1.20. The second-order valence-electron chi connectivity index (χ2n) is 4.53. The van der Waals surface area contributed by atoms with Crippen molar-refractivity contribution >= 4 is 23.9 Å². The van der Waals surface area contributed by atoms with Crippen LogP contribution in [0.25, 0.3) is 0 Å². The number of ether oxygens (including phenoxy) is 4. The number of rotatable bonds is 4. The van der Waals surface area contributed by atoms with Crippen molar-refractivity contribution in [1.29, 1.82) is 0 Å². The molecule has 8 heteroatoms. The molecule has 0 fully saturated rings. The summed E-state index contributed by atoms with van der Waals surface area (Å²) in [5.41, 5.74) is 0.225. The summed E-state index contributed by atoms with van der Waals surface area (Å²) < 4.78 is 19.9. The van der Waals surface area contributed by atoms with Crippen LogP contribution in [-0.2, 0) is 19.2 Å². The molecular weight excluding hydrogens is 308 g/mol. The number of carbonyl (C=O) groups excluding carboxylic acids is 4. The van der Waals surface area contributed by atoms with Crippen LogP contribution in [0.15, 0.2) is 6.07 Å². The van der Waals surface area contributed by atoms with E-state index in [4.69, 9.17) is 18.9 Å². The van der Waals surface area contributed by atoms with Crippen molar-refractivity contribution in [3.05, 3.63) is 11.6 Å². The smallest absolute Gasteiger partial charge is 0.308 e. The van der Waals surface area contributed by atoms with Crippen LogP contribution in [0, 0.1) is 6.92 Å². The average Bonchev–Trinajstić information content (AvgIpc) is 2.37. The molecule has 0 aliphatic heterocycles. The van der Waals surface area contributed by atoms with Crippen LogP contribution in [0.1, 0.15) is 33.3 Å². The van der Waals surface area contributed by atoms with Crippen molar-refractivity contribution in [2.75, 3.05) is 0 Å². The monoisotopic (exact) mass is 324 g/mol. The number of hydrogen-bond donors (Lipinski definition) is 0. The zero-order chi connectivity index (χ0) is 17.7. The maximum absolute atomic E-state index is 11.3. The fraction of sp³-hybridized carbons (Fsp3) is 0.333. The topological polar surface area (TPSA) is 105 Å². The molecule has 0 saturated carbocycles. The summed E-state index contributed by atoms with van der Waals surface area (Å²) >= 11 is 0. The highest BCUT2D eigenvalue weighted by atomic mass is 16.6. The molecule has 1 rings (SSSR count). The lowest BCUT2D eigenvalue weighted by Gasteiger charge is -2.17. The Morgan fingerprint density at radius 2 is 1.04 bits per heavy atom. The third-order valence-corrected chi connectivity index (χ3v) is 2.40. The van der Waals surface area contributed by atoms with Gasteiger partial charge < -0.3 is 18.9 Å². The third kappa shape index (κ3) is 5.10. The average molecular weight is 324 g/mol. The highest BCUT2D eigenvalue weighted by molar-refractivity contribution is 5.80. The normalized spacial score (nSPS) is 9.78. The number of benzene rings is 1. The first-order chi connectivity index (χ1) is 10.6. The van der Waals surface area contributed by atoms with E-state index in [9.17, 15) is 19.2 Å². The van der Waals surface area contributed by atoms with E-state index in [1.165, 1.54) is 19.9 Å². The Balaban J connectivity index is 3.61. The van der Waals surface area contributed by atoms with Crippen LogP contribution in [0.3, 0.4) is 0 Å². The lowest BCUT2D eigenvalue weighted by atomic mass is 10.1. The molecule has 1 aromatic carbocycles. The molecule has 0 heterocycles. The SMILES string of the molecule is CC(=O)Oc1cc(OC(C)=O)c(OC(C)=O)c(OC(C)=O)c1C. The van der Waals surface area contributed by atoms with E-state index in [1.807, 2.05) is 0 Å². The van der Waals surface area contributed by atoms with E-state index >= 15 is 0 Å². The molecule has 0 amide bonds. The summed E-state index contributed by atoms with van der Waals surface area (Å²) in [7, 11) is 0. The molecular formula is C15H16O8. The minimum atomic E-state index is -0.716. The Bertz CT molecular complexity index is 675. The van der Waals surface area contributed by atoms with Gasteiger partial charge in [-0.3, -0.25) is 19.2 Å². The van der Waals surface area contributed by atoms with E-state index < -0.39 is 23.9 Å². The maximum Gasteiger partial charge on any atom is 0.308 e. The zero-order valence-corrected chi connectivity index (χ0v) is 13.3. The molecule has 0 radical (unpaired) electrons. The van der Waals surface area contributed by atoms with E-state index in [0.717, 1.165) is 20.8 Å². The third-order valence-electron chi connectivity index (χ3n) is 2.40. The van der Waals surface area contributed by atoms with E-state index in [1.54, 1.807) is 0 Å². The minimum absolute atomic E-state index is 0.000835. The predicted octanol–water partition coefficient (Wildman–Crippen LogP) is 1.70. The highest BCUT2D eigenvalue weighted by Gasteiger charge is 2.25. The molecule has 0 aliphatic carbocycles. The maximum atomic E-state index is 11.3. The van der Waals surface area contributed by atoms with Crippen molar-refractivity contribution in [1.82, 2.24) is 0 Å². The van der Waals surface area contributed by atoms with E-state index in [-0.39, 0.29) is 28.6 Å². The van der Waals surface area contributed by atoms with Crippen LogP contribution in [-0.4, -0.2) is 23.9 Å². The molecule has 0 unspecified atom stereocenters. The second kappa shape index (κ2) is 7.39. The van der Waals surface area contributed by atoms with Crippen LogP contribution in [0.5, 0.6) is 23.0 Å². The number of esters is 4. The molecule has 0 bridgehead atoms. The van der Waals surface area contributed by atoms with Crippen molar-refractivity contribution in [3.8, 4) is 23.0 Å². The van der Waals surface area contributed by atoms with Crippen molar-refractivity contribution in [2.24, 2.45) is 0 Å². The summed E-state index contributed by atoms with van der Waals surface area (Å²) in [6.45, 7) is 6.07. The molecule has 0 aromatic heterocycles. The first kappa shape index (κ1) is 18.1. The largest absolute Gasteiger partial charge is 0.426 e. The molecule has 124 valence electrons. The van der Waals surface area contributed by atoms with Crippen molar-refractivity contribution in [2.45, 2.75) is 34.6 Å². The summed E-state index contributed by atoms with van der Waals surface area (Å²) in [4.78, 5) is 45.0. The molecule has 23 heavy (non-hydrogen) atoms. The summed E-state index contributed by atoms with van der Waals surface area (Å²) in [5.74, 6) is -3.40. The van der Waals surface area contributed by atoms with Crippen LogP contribution < -0.4 is 18.9 Å². The van der Waals surface area contributed by atoms with Crippen LogP contribution in [0.4, 0.5) is 0 Å².